The Morgan fingerprint density at radius 1 is 0.957 bits per heavy atom. The molecule has 0 spiro atoms. The zero-order valence-electron chi connectivity index (χ0n) is 14.6. The smallest absolute Gasteiger partial charge is 0.161 e. The molecule has 0 fully saturated rings. The Kier molecular flexibility index (Phi) is 6.48. The normalized spacial score (nSPS) is 12.2. The number of hydrogen-bond donors (Lipinski definition) is 1. The molecule has 3 nitrogen and oxygen atoms in total. The lowest BCUT2D eigenvalue weighted by Gasteiger charge is -2.14. The van der Waals surface area contributed by atoms with Crippen LogP contribution in [0, 0.1) is 5.92 Å². The van der Waals surface area contributed by atoms with E-state index in [1.807, 2.05) is 6.07 Å². The highest BCUT2D eigenvalue weighted by Crippen LogP contribution is 2.28. The van der Waals surface area contributed by atoms with Crippen LogP contribution in [0.2, 0.25) is 0 Å². The summed E-state index contributed by atoms with van der Waals surface area (Å²) < 4.78 is 11.3. The third-order valence-electron chi connectivity index (χ3n) is 3.83. The van der Waals surface area contributed by atoms with Gasteiger partial charge in [-0.2, -0.15) is 0 Å². The molecule has 2 rings (SSSR count). The number of methoxy groups -OCH3 is 1. The molecule has 0 amide bonds. The van der Waals surface area contributed by atoms with Gasteiger partial charge in [0.2, 0.25) is 0 Å². The summed E-state index contributed by atoms with van der Waals surface area (Å²) in [6.45, 7) is 8.12. The highest BCUT2D eigenvalue weighted by molar-refractivity contribution is 5.42. The predicted octanol–water partition coefficient (Wildman–Crippen LogP) is 3.55. The molecule has 2 N–H and O–H groups in total. The van der Waals surface area contributed by atoms with Gasteiger partial charge in [0.1, 0.15) is 12.6 Å². The maximum atomic E-state index is 5.80. The Bertz CT molecular complexity index is 596. The maximum absolute atomic E-state index is 5.80. The van der Waals surface area contributed by atoms with Gasteiger partial charge in [0.15, 0.2) is 11.5 Å². The molecule has 0 radical (unpaired) electrons. The van der Waals surface area contributed by atoms with Crippen LogP contribution >= 0.6 is 0 Å². The van der Waals surface area contributed by atoms with Crippen molar-refractivity contribution in [2.24, 2.45) is 5.92 Å². The summed E-state index contributed by atoms with van der Waals surface area (Å²) in [5.41, 5.74) is 2.58. The second-order valence-corrected chi connectivity index (χ2v) is 6.33. The lowest BCUT2D eigenvalue weighted by atomic mass is 10.1. The van der Waals surface area contributed by atoms with Crippen molar-refractivity contribution in [3.05, 3.63) is 59.7 Å². The lowest BCUT2D eigenvalue weighted by molar-refractivity contribution is -0.707. The molecule has 124 valence electrons. The minimum Gasteiger partial charge on any atom is -0.493 e. The highest BCUT2D eigenvalue weighted by Gasteiger charge is 2.11. The van der Waals surface area contributed by atoms with E-state index in [1.54, 1.807) is 7.11 Å². The molecule has 0 heterocycles. The molecular weight excluding hydrogens is 286 g/mol. The van der Waals surface area contributed by atoms with Gasteiger partial charge >= 0.3 is 0 Å². The van der Waals surface area contributed by atoms with Gasteiger partial charge in [-0.05, 0) is 31.0 Å². The molecule has 23 heavy (non-hydrogen) atoms. The van der Waals surface area contributed by atoms with Crippen molar-refractivity contribution < 1.29 is 14.8 Å². The highest BCUT2D eigenvalue weighted by atomic mass is 16.5. The third-order valence-corrected chi connectivity index (χ3v) is 3.83. The quantitative estimate of drug-likeness (QED) is 0.808. The summed E-state index contributed by atoms with van der Waals surface area (Å²) in [5.74, 6) is 2.13. The van der Waals surface area contributed by atoms with E-state index in [2.05, 4.69) is 68.6 Å². The first-order valence-corrected chi connectivity index (χ1v) is 8.28. The van der Waals surface area contributed by atoms with Crippen LogP contribution in [-0.4, -0.2) is 13.7 Å². The van der Waals surface area contributed by atoms with Crippen LogP contribution in [0.3, 0.4) is 0 Å². The molecule has 0 bridgehead atoms. The van der Waals surface area contributed by atoms with Crippen molar-refractivity contribution in [3.63, 3.8) is 0 Å². The SMILES string of the molecule is COc1cc(C[NH2+][C@@H](C)c2ccccc2)ccc1OCC(C)C. The summed E-state index contributed by atoms with van der Waals surface area (Å²) in [6.07, 6.45) is 0. The number of quaternary nitrogens is 1. The van der Waals surface area contributed by atoms with E-state index in [-0.39, 0.29) is 0 Å². The molecule has 0 saturated carbocycles. The van der Waals surface area contributed by atoms with Gasteiger partial charge in [-0.3, -0.25) is 0 Å². The summed E-state index contributed by atoms with van der Waals surface area (Å²) in [4.78, 5) is 0. The molecule has 0 aliphatic rings. The van der Waals surface area contributed by atoms with Crippen molar-refractivity contribution in [2.45, 2.75) is 33.4 Å². The number of rotatable bonds is 8. The number of hydrogen-bond acceptors (Lipinski definition) is 2. The molecule has 0 aliphatic heterocycles. The fraction of sp³-hybridized carbons (Fsp3) is 0.400. The minimum absolute atomic E-state index is 0.430. The number of benzene rings is 2. The maximum Gasteiger partial charge on any atom is 0.161 e. The molecule has 1 atom stereocenters. The molecule has 0 unspecified atom stereocenters. The van der Waals surface area contributed by atoms with E-state index < -0.39 is 0 Å². The first kappa shape index (κ1) is 17.4. The summed E-state index contributed by atoms with van der Waals surface area (Å²) in [5, 5.41) is 2.33. The van der Waals surface area contributed by atoms with Gasteiger partial charge in [0.25, 0.3) is 0 Å². The predicted molar refractivity (Wildman–Crippen MR) is 93.8 cm³/mol. The van der Waals surface area contributed by atoms with Gasteiger partial charge < -0.3 is 14.8 Å². The van der Waals surface area contributed by atoms with Crippen molar-refractivity contribution in [3.8, 4) is 11.5 Å². The van der Waals surface area contributed by atoms with Crippen LogP contribution < -0.4 is 14.8 Å². The Balaban J connectivity index is 1.97. The Morgan fingerprint density at radius 3 is 2.35 bits per heavy atom. The fourth-order valence-electron chi connectivity index (χ4n) is 2.42. The van der Waals surface area contributed by atoms with E-state index in [0.29, 0.717) is 18.6 Å². The van der Waals surface area contributed by atoms with Crippen LogP contribution in [0.25, 0.3) is 0 Å². The van der Waals surface area contributed by atoms with Crippen molar-refractivity contribution in [1.29, 1.82) is 0 Å². The van der Waals surface area contributed by atoms with Crippen molar-refractivity contribution in [2.75, 3.05) is 13.7 Å². The third kappa shape index (κ3) is 5.29. The molecule has 3 heteroatoms. The van der Waals surface area contributed by atoms with Crippen LogP contribution in [0.15, 0.2) is 48.5 Å². The van der Waals surface area contributed by atoms with E-state index >= 15 is 0 Å². The van der Waals surface area contributed by atoms with Crippen LogP contribution in [-0.2, 0) is 6.54 Å². The number of ether oxygens (including phenoxy) is 2. The first-order valence-electron chi connectivity index (χ1n) is 8.28. The van der Waals surface area contributed by atoms with Gasteiger partial charge in [-0.15, -0.1) is 0 Å². The van der Waals surface area contributed by atoms with Crippen molar-refractivity contribution >= 4 is 0 Å². The van der Waals surface area contributed by atoms with Crippen LogP contribution in [0.5, 0.6) is 11.5 Å². The zero-order valence-corrected chi connectivity index (χ0v) is 14.6. The summed E-state index contributed by atoms with van der Waals surface area (Å²) >= 11 is 0. The Labute approximate surface area is 139 Å². The molecular formula is C20H28NO2+. The average Bonchev–Trinajstić information content (AvgIpc) is 2.58. The monoisotopic (exact) mass is 314 g/mol. The Morgan fingerprint density at radius 2 is 1.70 bits per heavy atom. The van der Waals surface area contributed by atoms with Crippen LogP contribution in [0.1, 0.15) is 37.9 Å². The molecule has 2 aromatic rings. The summed E-state index contributed by atoms with van der Waals surface area (Å²) in [6, 6.07) is 17.2. The molecule has 2 aromatic carbocycles. The largest absolute Gasteiger partial charge is 0.493 e. The topological polar surface area (TPSA) is 35.1 Å². The van der Waals surface area contributed by atoms with Gasteiger partial charge in [0.05, 0.1) is 13.7 Å². The van der Waals surface area contributed by atoms with Gasteiger partial charge in [-0.25, -0.2) is 0 Å². The van der Waals surface area contributed by atoms with Gasteiger partial charge in [0, 0.05) is 11.1 Å². The van der Waals surface area contributed by atoms with Crippen LogP contribution in [0.4, 0.5) is 0 Å². The fourth-order valence-corrected chi connectivity index (χ4v) is 2.42. The van der Waals surface area contributed by atoms with E-state index in [9.17, 15) is 0 Å². The van der Waals surface area contributed by atoms with E-state index in [1.165, 1.54) is 11.1 Å². The number of nitrogens with two attached hydrogens (primary N) is 1. The second kappa shape index (κ2) is 8.59. The lowest BCUT2D eigenvalue weighted by Crippen LogP contribution is -2.83. The van der Waals surface area contributed by atoms with Crippen molar-refractivity contribution in [1.82, 2.24) is 0 Å². The molecule has 0 aliphatic carbocycles. The average molecular weight is 314 g/mol. The van der Waals surface area contributed by atoms with Gasteiger partial charge in [-0.1, -0.05) is 44.2 Å². The molecule has 0 aromatic heterocycles. The van der Waals surface area contributed by atoms with E-state index in [4.69, 9.17) is 9.47 Å². The van der Waals surface area contributed by atoms with E-state index in [0.717, 1.165) is 18.0 Å². The molecule has 0 saturated heterocycles. The second-order valence-electron chi connectivity index (χ2n) is 6.33. The first-order chi connectivity index (χ1) is 11.1. The summed E-state index contributed by atoms with van der Waals surface area (Å²) in [7, 11) is 1.69. The standard InChI is InChI=1S/C20H27NO2/c1-15(2)14-23-19-11-10-17(12-20(19)22-4)13-21-16(3)18-8-6-5-7-9-18/h5-12,15-16,21H,13-14H2,1-4H3/p+1/t16-/m0/s1. The Hall–Kier alpha value is -2.00. The minimum atomic E-state index is 0.430. The zero-order chi connectivity index (χ0) is 16.7.